The van der Waals surface area contributed by atoms with Crippen LogP contribution in [0.5, 0.6) is 0 Å². The predicted molar refractivity (Wildman–Crippen MR) is 115 cm³/mol. The Morgan fingerprint density at radius 2 is 1.18 bits per heavy atom. The van der Waals surface area contributed by atoms with E-state index >= 15 is 0 Å². The Morgan fingerprint density at radius 3 is 1.41 bits per heavy atom. The normalized spacial score (nSPS) is 8.73. The van der Waals surface area contributed by atoms with Gasteiger partial charge in [0, 0.05) is 14.4 Å². The third kappa shape index (κ3) is 17.0. The molecule has 0 unspecified atom stereocenters. The number of rotatable bonds is 1. The molecule has 1 aromatic carbocycles. The van der Waals surface area contributed by atoms with Crippen LogP contribution in [0.2, 0.25) is 45.8 Å². The SMILES string of the molecule is CC#C[SiH](C)C.CC#Cc1ccc([SiH](C)C)cc1.C[SiH](C)C. The molecule has 0 spiro atoms. The average Bonchev–Trinajstić information content (AvgIpc) is 2.39. The van der Waals surface area contributed by atoms with Crippen molar-refractivity contribution in [2.45, 2.75) is 59.7 Å². The molecule has 0 aromatic heterocycles. The molecule has 0 radical (unpaired) electrons. The van der Waals surface area contributed by atoms with Crippen molar-refractivity contribution in [2.24, 2.45) is 0 Å². The summed E-state index contributed by atoms with van der Waals surface area (Å²) < 4.78 is 0. The molecule has 0 amide bonds. The van der Waals surface area contributed by atoms with Gasteiger partial charge < -0.3 is 0 Å². The van der Waals surface area contributed by atoms with E-state index in [9.17, 15) is 0 Å². The Bertz CT molecular complexity index is 489. The molecular weight excluding hydrogens is 312 g/mol. The van der Waals surface area contributed by atoms with Crippen molar-refractivity contribution < 1.29 is 0 Å². The Kier molecular flexibility index (Phi) is 15.8. The van der Waals surface area contributed by atoms with Gasteiger partial charge in [0.15, 0.2) is 0 Å². The van der Waals surface area contributed by atoms with Crippen LogP contribution in [-0.4, -0.2) is 26.4 Å². The lowest BCUT2D eigenvalue weighted by Crippen LogP contribution is -2.21. The molecule has 0 atom stereocenters. The van der Waals surface area contributed by atoms with Crippen molar-refractivity contribution in [1.29, 1.82) is 0 Å². The Morgan fingerprint density at radius 1 is 0.727 bits per heavy atom. The number of hydrogen-bond donors (Lipinski definition) is 0. The summed E-state index contributed by atoms with van der Waals surface area (Å²) in [5.74, 6) is 8.81. The molecule has 0 aliphatic rings. The molecule has 0 fully saturated rings. The molecule has 0 aliphatic carbocycles. The maximum Gasteiger partial charge on any atom is 0.116 e. The van der Waals surface area contributed by atoms with Crippen molar-refractivity contribution in [2.75, 3.05) is 0 Å². The third-order valence-electron chi connectivity index (χ3n) is 2.28. The quantitative estimate of drug-likeness (QED) is 0.534. The molecule has 22 heavy (non-hydrogen) atoms. The van der Waals surface area contributed by atoms with Crippen LogP contribution in [0.4, 0.5) is 0 Å². The zero-order valence-electron chi connectivity index (χ0n) is 16.0. The summed E-state index contributed by atoms with van der Waals surface area (Å²) in [7, 11) is -1.29. The lowest BCUT2D eigenvalue weighted by molar-refractivity contribution is 1.67. The first-order chi connectivity index (χ1) is 10.2. The summed E-state index contributed by atoms with van der Waals surface area (Å²) in [5, 5.41) is 1.51. The molecule has 122 valence electrons. The van der Waals surface area contributed by atoms with Crippen LogP contribution in [0, 0.1) is 23.3 Å². The highest BCUT2D eigenvalue weighted by Gasteiger charge is 1.98. The fourth-order valence-electron chi connectivity index (χ4n) is 1.38. The van der Waals surface area contributed by atoms with E-state index in [4.69, 9.17) is 0 Å². The van der Waals surface area contributed by atoms with Crippen molar-refractivity contribution in [1.82, 2.24) is 0 Å². The second-order valence-corrected chi connectivity index (χ2v) is 15.5. The van der Waals surface area contributed by atoms with E-state index in [1.54, 1.807) is 0 Å². The van der Waals surface area contributed by atoms with Crippen LogP contribution in [0.15, 0.2) is 24.3 Å². The minimum atomic E-state index is -0.618. The summed E-state index contributed by atoms with van der Waals surface area (Å²) in [6.45, 7) is 19.8. The van der Waals surface area contributed by atoms with E-state index in [2.05, 4.69) is 93.4 Å². The molecule has 0 heterocycles. The van der Waals surface area contributed by atoms with E-state index < -0.39 is 17.6 Å². The van der Waals surface area contributed by atoms with Crippen LogP contribution >= 0.6 is 0 Å². The summed E-state index contributed by atoms with van der Waals surface area (Å²) in [6, 6.07) is 8.63. The van der Waals surface area contributed by atoms with Crippen LogP contribution < -0.4 is 5.19 Å². The molecule has 0 N–H and O–H groups in total. The zero-order chi connectivity index (χ0) is 17.5. The lowest BCUT2D eigenvalue weighted by atomic mass is 10.2. The van der Waals surface area contributed by atoms with E-state index in [0.717, 1.165) is 5.56 Å². The molecule has 0 aliphatic heterocycles. The van der Waals surface area contributed by atoms with Gasteiger partial charge in [-0.1, -0.05) is 69.1 Å². The largest absolute Gasteiger partial charge is 0.136 e. The molecule has 0 bridgehead atoms. The molecule has 0 saturated heterocycles. The maximum atomic E-state index is 3.10. The van der Waals surface area contributed by atoms with Gasteiger partial charge in [-0.3, -0.25) is 0 Å². The van der Waals surface area contributed by atoms with Crippen LogP contribution in [-0.2, 0) is 0 Å². The van der Waals surface area contributed by atoms with Crippen molar-refractivity contribution in [3.8, 4) is 23.3 Å². The topological polar surface area (TPSA) is 0 Å². The highest BCUT2D eigenvalue weighted by atomic mass is 28.3. The van der Waals surface area contributed by atoms with E-state index in [-0.39, 0.29) is 8.80 Å². The van der Waals surface area contributed by atoms with Crippen LogP contribution in [0.1, 0.15) is 19.4 Å². The zero-order valence-corrected chi connectivity index (χ0v) is 19.5. The first-order valence-corrected chi connectivity index (χ1v) is 17.4. The summed E-state index contributed by atoms with van der Waals surface area (Å²) in [6.07, 6.45) is 0. The smallest absolute Gasteiger partial charge is 0.116 e. The summed E-state index contributed by atoms with van der Waals surface area (Å²) in [5.41, 5.74) is 4.22. The molecule has 0 nitrogen and oxygen atoms in total. The summed E-state index contributed by atoms with van der Waals surface area (Å²) >= 11 is 0. The van der Waals surface area contributed by atoms with Gasteiger partial charge in [-0.2, -0.15) is 0 Å². The predicted octanol–water partition coefficient (Wildman–Crippen LogP) is 3.89. The van der Waals surface area contributed by atoms with Crippen molar-refractivity contribution in [3.63, 3.8) is 0 Å². The van der Waals surface area contributed by atoms with Gasteiger partial charge in [-0.25, -0.2) is 0 Å². The Labute approximate surface area is 144 Å². The monoisotopic (exact) mass is 346 g/mol. The van der Waals surface area contributed by atoms with Gasteiger partial charge in [0.25, 0.3) is 0 Å². The second kappa shape index (κ2) is 14.9. The van der Waals surface area contributed by atoms with Gasteiger partial charge in [-0.05, 0) is 26.0 Å². The van der Waals surface area contributed by atoms with Gasteiger partial charge in [0.05, 0.1) is 8.80 Å². The van der Waals surface area contributed by atoms with Crippen LogP contribution in [0.25, 0.3) is 0 Å². The standard InChI is InChI=1S/C11H14Si.C5H10Si.C3H10Si/c1-4-5-10-6-8-11(9-7-10)12(2)3;1-4-5-6(2)3;1-4(2)3/h6-9,12H,1-3H3;6H,1-3H3;4H,1-3H3. The van der Waals surface area contributed by atoms with E-state index in [1.165, 1.54) is 5.19 Å². The fourth-order valence-corrected chi connectivity index (χ4v) is 2.92. The van der Waals surface area contributed by atoms with Crippen molar-refractivity contribution >= 4 is 31.6 Å². The van der Waals surface area contributed by atoms with Crippen LogP contribution in [0.3, 0.4) is 0 Å². The lowest BCUT2D eigenvalue weighted by Gasteiger charge is -2.02. The minimum absolute atomic E-state index is 0.139. The first-order valence-electron chi connectivity index (χ1n) is 8.19. The highest BCUT2D eigenvalue weighted by molar-refractivity contribution is 6.70. The van der Waals surface area contributed by atoms with Gasteiger partial charge in [-0.15, -0.1) is 17.4 Å². The van der Waals surface area contributed by atoms with Crippen molar-refractivity contribution in [3.05, 3.63) is 29.8 Å². The highest BCUT2D eigenvalue weighted by Crippen LogP contribution is 1.95. The van der Waals surface area contributed by atoms with E-state index in [0.29, 0.717) is 0 Å². The average molecular weight is 347 g/mol. The molecule has 0 saturated carbocycles. The Balaban J connectivity index is 0. The number of benzene rings is 1. The molecule has 1 rings (SSSR count). The first kappa shape index (κ1) is 23.3. The van der Waals surface area contributed by atoms with E-state index in [1.807, 2.05) is 13.8 Å². The molecule has 3 heteroatoms. The van der Waals surface area contributed by atoms with Gasteiger partial charge in [0.1, 0.15) is 8.80 Å². The molecule has 1 aromatic rings. The Hall–Kier alpha value is -1.01. The minimum Gasteiger partial charge on any atom is -0.136 e. The van der Waals surface area contributed by atoms with Gasteiger partial charge >= 0.3 is 0 Å². The number of hydrogen-bond acceptors (Lipinski definition) is 0. The maximum absolute atomic E-state index is 3.10. The summed E-state index contributed by atoms with van der Waals surface area (Å²) in [4.78, 5) is 0. The fraction of sp³-hybridized carbons (Fsp3) is 0.474. The second-order valence-electron chi connectivity index (χ2n) is 6.43. The molecular formula is C19H34Si3. The third-order valence-corrected chi connectivity index (χ3v) is 4.86. The van der Waals surface area contributed by atoms with Gasteiger partial charge in [0.2, 0.25) is 0 Å².